The maximum Gasteiger partial charge on any atom is 0.244 e. The molecule has 2 unspecified atom stereocenters. The van der Waals surface area contributed by atoms with Crippen molar-refractivity contribution >= 4 is 11.6 Å². The molecule has 1 N–H and O–H groups in total. The van der Waals surface area contributed by atoms with Crippen LogP contribution in [-0.4, -0.2) is 11.6 Å². The molecule has 0 spiro atoms. The Balaban J connectivity index is 1.66. The Labute approximate surface area is 126 Å². The maximum absolute atomic E-state index is 12.0. The number of nitrogens with one attached hydrogen (secondary N) is 1. The number of nitrogens with zero attached hydrogens (tertiary/aromatic N) is 1. The third-order valence-electron chi connectivity index (χ3n) is 6.04. The van der Waals surface area contributed by atoms with Gasteiger partial charge in [0.2, 0.25) is 5.91 Å². The molecule has 3 nitrogen and oxygen atoms in total. The molecular weight excluding hydrogens is 260 g/mol. The Hall–Kier alpha value is -1.64. The van der Waals surface area contributed by atoms with Crippen LogP contribution in [0, 0.1) is 16.7 Å². The van der Waals surface area contributed by atoms with Crippen molar-refractivity contribution in [3.63, 3.8) is 0 Å². The molecule has 3 heteroatoms. The standard InChI is InChI=1S/C18H24N2O/c1-17(2)14-9-10-18(17,3)15(12-14)19-20-16(21)11-13-7-5-4-6-8-13/h4-8,14H,9-12H2,1-3H3,(H,20,21)/b19-15+. The van der Waals surface area contributed by atoms with Crippen molar-refractivity contribution in [2.24, 2.45) is 21.8 Å². The first-order valence-electron chi connectivity index (χ1n) is 7.83. The molecule has 21 heavy (non-hydrogen) atoms. The summed E-state index contributed by atoms with van der Waals surface area (Å²) in [5, 5.41) is 4.49. The van der Waals surface area contributed by atoms with Gasteiger partial charge in [0.05, 0.1) is 6.42 Å². The fourth-order valence-electron chi connectivity index (χ4n) is 4.05. The van der Waals surface area contributed by atoms with E-state index in [9.17, 15) is 4.79 Å². The van der Waals surface area contributed by atoms with Crippen molar-refractivity contribution in [1.29, 1.82) is 0 Å². The smallest absolute Gasteiger partial charge is 0.244 e. The van der Waals surface area contributed by atoms with Crippen LogP contribution in [0.2, 0.25) is 0 Å². The highest BCUT2D eigenvalue weighted by molar-refractivity contribution is 5.95. The summed E-state index contributed by atoms with van der Waals surface area (Å²) >= 11 is 0. The first-order valence-corrected chi connectivity index (χ1v) is 7.83. The molecule has 112 valence electrons. The first kappa shape index (κ1) is 14.3. The van der Waals surface area contributed by atoms with Gasteiger partial charge < -0.3 is 0 Å². The molecule has 3 rings (SSSR count). The van der Waals surface area contributed by atoms with Crippen LogP contribution in [0.15, 0.2) is 35.4 Å². The topological polar surface area (TPSA) is 41.5 Å². The van der Waals surface area contributed by atoms with Gasteiger partial charge in [-0.05, 0) is 36.2 Å². The molecule has 2 atom stereocenters. The molecular formula is C18H24N2O. The third-order valence-corrected chi connectivity index (χ3v) is 6.04. The number of hydrogen-bond acceptors (Lipinski definition) is 2. The number of benzene rings is 1. The maximum atomic E-state index is 12.0. The second kappa shape index (κ2) is 4.97. The molecule has 0 heterocycles. The van der Waals surface area contributed by atoms with E-state index in [-0.39, 0.29) is 11.3 Å². The Bertz CT molecular complexity index is 576. The van der Waals surface area contributed by atoms with Gasteiger partial charge in [-0.2, -0.15) is 5.10 Å². The molecule has 0 radical (unpaired) electrons. The van der Waals surface area contributed by atoms with Gasteiger partial charge in [-0.1, -0.05) is 51.1 Å². The summed E-state index contributed by atoms with van der Waals surface area (Å²) < 4.78 is 0. The van der Waals surface area contributed by atoms with Crippen LogP contribution >= 0.6 is 0 Å². The van der Waals surface area contributed by atoms with Gasteiger partial charge >= 0.3 is 0 Å². The summed E-state index contributed by atoms with van der Waals surface area (Å²) in [6.07, 6.45) is 3.91. The molecule has 1 amide bonds. The van der Waals surface area contributed by atoms with Crippen LogP contribution < -0.4 is 5.43 Å². The van der Waals surface area contributed by atoms with E-state index >= 15 is 0 Å². The Morgan fingerprint density at radius 3 is 2.57 bits per heavy atom. The van der Waals surface area contributed by atoms with Crippen molar-refractivity contribution in [3.05, 3.63) is 35.9 Å². The quantitative estimate of drug-likeness (QED) is 0.847. The molecule has 2 aliphatic carbocycles. The van der Waals surface area contributed by atoms with E-state index in [4.69, 9.17) is 0 Å². The molecule has 0 aliphatic heterocycles. The lowest BCUT2D eigenvalue weighted by Crippen LogP contribution is -2.34. The minimum absolute atomic E-state index is 0.0297. The molecule has 0 saturated heterocycles. The van der Waals surface area contributed by atoms with E-state index in [0.29, 0.717) is 17.8 Å². The van der Waals surface area contributed by atoms with Gasteiger partial charge in [-0.15, -0.1) is 0 Å². The number of fused-ring (bicyclic) bond motifs is 2. The molecule has 1 aromatic rings. The van der Waals surface area contributed by atoms with E-state index in [1.165, 1.54) is 18.6 Å². The lowest BCUT2D eigenvalue weighted by atomic mass is 9.70. The highest BCUT2D eigenvalue weighted by Gasteiger charge is 2.59. The van der Waals surface area contributed by atoms with E-state index in [1.54, 1.807) is 0 Å². The molecule has 2 bridgehead atoms. The average Bonchev–Trinajstić information content (AvgIpc) is 2.79. The fraction of sp³-hybridized carbons (Fsp3) is 0.556. The largest absolute Gasteiger partial charge is 0.273 e. The Morgan fingerprint density at radius 1 is 1.29 bits per heavy atom. The lowest BCUT2D eigenvalue weighted by Gasteiger charge is -2.34. The molecule has 1 aromatic carbocycles. The van der Waals surface area contributed by atoms with Crippen LogP contribution in [-0.2, 0) is 11.2 Å². The van der Waals surface area contributed by atoms with Crippen LogP contribution in [0.3, 0.4) is 0 Å². The number of rotatable bonds is 3. The fourth-order valence-corrected chi connectivity index (χ4v) is 4.05. The second-order valence-electron chi connectivity index (χ2n) is 7.25. The van der Waals surface area contributed by atoms with Crippen LogP contribution in [0.25, 0.3) is 0 Å². The minimum atomic E-state index is -0.0297. The van der Waals surface area contributed by atoms with Crippen molar-refractivity contribution in [1.82, 2.24) is 5.43 Å². The van der Waals surface area contributed by atoms with Crippen molar-refractivity contribution < 1.29 is 4.79 Å². The summed E-state index contributed by atoms with van der Waals surface area (Å²) in [4.78, 5) is 12.0. The molecule has 2 aliphatic rings. The van der Waals surface area contributed by atoms with E-state index < -0.39 is 0 Å². The molecule has 2 saturated carbocycles. The van der Waals surface area contributed by atoms with Crippen LogP contribution in [0.4, 0.5) is 0 Å². The Kier molecular flexibility index (Phi) is 3.39. The monoisotopic (exact) mass is 284 g/mol. The zero-order chi connectivity index (χ0) is 15.1. The van der Waals surface area contributed by atoms with Gasteiger partial charge in [-0.25, -0.2) is 5.43 Å². The number of hydrogen-bond donors (Lipinski definition) is 1. The summed E-state index contributed by atoms with van der Waals surface area (Å²) in [6, 6.07) is 9.80. The normalized spacial score (nSPS) is 31.6. The summed E-state index contributed by atoms with van der Waals surface area (Å²) in [6.45, 7) is 7.00. The van der Waals surface area contributed by atoms with Crippen molar-refractivity contribution in [2.45, 2.75) is 46.5 Å². The van der Waals surface area contributed by atoms with Crippen LogP contribution in [0.5, 0.6) is 0 Å². The predicted octanol–water partition coefficient (Wildman–Crippen LogP) is 3.55. The number of hydrazone groups is 1. The summed E-state index contributed by atoms with van der Waals surface area (Å²) in [7, 11) is 0. The van der Waals surface area contributed by atoms with Crippen LogP contribution in [0.1, 0.15) is 45.6 Å². The molecule has 2 fully saturated rings. The van der Waals surface area contributed by atoms with E-state index in [2.05, 4.69) is 31.3 Å². The van der Waals surface area contributed by atoms with Gasteiger partial charge in [0.15, 0.2) is 0 Å². The summed E-state index contributed by atoms with van der Waals surface area (Å²) in [5.41, 5.74) is 5.43. The average molecular weight is 284 g/mol. The van der Waals surface area contributed by atoms with Gasteiger partial charge in [0, 0.05) is 11.1 Å². The minimum Gasteiger partial charge on any atom is -0.273 e. The number of amides is 1. The SMILES string of the molecule is CC12CCC(C/C1=N\NC(=O)Cc1ccccc1)C2(C)C. The first-order chi connectivity index (χ1) is 9.93. The number of carbonyl (C=O) groups is 1. The summed E-state index contributed by atoms with van der Waals surface area (Å²) in [5.74, 6) is 0.685. The third kappa shape index (κ3) is 2.29. The van der Waals surface area contributed by atoms with Crippen molar-refractivity contribution in [2.75, 3.05) is 0 Å². The zero-order valence-electron chi connectivity index (χ0n) is 13.1. The number of carbonyl (C=O) groups excluding carboxylic acids is 1. The highest BCUT2D eigenvalue weighted by atomic mass is 16.2. The van der Waals surface area contributed by atoms with E-state index in [0.717, 1.165) is 12.0 Å². The van der Waals surface area contributed by atoms with Gasteiger partial charge in [-0.3, -0.25) is 4.79 Å². The molecule has 0 aromatic heterocycles. The van der Waals surface area contributed by atoms with Gasteiger partial charge in [0.25, 0.3) is 0 Å². The van der Waals surface area contributed by atoms with Gasteiger partial charge in [0.1, 0.15) is 0 Å². The van der Waals surface area contributed by atoms with E-state index in [1.807, 2.05) is 30.3 Å². The highest BCUT2D eigenvalue weighted by Crippen LogP contribution is 2.63. The lowest BCUT2D eigenvalue weighted by molar-refractivity contribution is -0.120. The zero-order valence-corrected chi connectivity index (χ0v) is 13.1. The predicted molar refractivity (Wildman–Crippen MR) is 85.0 cm³/mol. The van der Waals surface area contributed by atoms with Crippen molar-refractivity contribution in [3.8, 4) is 0 Å². The second-order valence-corrected chi connectivity index (χ2v) is 7.25. The Morgan fingerprint density at radius 2 is 2.00 bits per heavy atom.